The molecule has 72 heavy (non-hydrogen) atoms. The Kier molecular flexibility index (Phi) is 61.7. The summed E-state index contributed by atoms with van der Waals surface area (Å²) in [6, 6.07) is -0.621. The highest BCUT2D eigenvalue weighted by molar-refractivity contribution is 5.76. The zero-order chi connectivity index (χ0) is 52.0. The minimum absolute atomic E-state index is 0.0572. The van der Waals surface area contributed by atoms with Crippen LogP contribution in [0.3, 0.4) is 0 Å². The van der Waals surface area contributed by atoms with Gasteiger partial charge in [0.2, 0.25) is 5.91 Å². The molecule has 0 aromatic heterocycles. The summed E-state index contributed by atoms with van der Waals surface area (Å²) in [6.07, 6.45) is 90.1. The summed E-state index contributed by atoms with van der Waals surface area (Å²) in [7, 11) is 0. The predicted molar refractivity (Wildman–Crippen MR) is 322 cm³/mol. The first-order valence-corrected chi connectivity index (χ1v) is 32.5. The number of hydrogen-bond donors (Lipinski definition) is 3. The Morgan fingerprint density at radius 1 is 0.347 bits per heavy atom. The zero-order valence-electron chi connectivity index (χ0n) is 48.7. The number of hydrogen-bond acceptors (Lipinski definition) is 3. The van der Waals surface area contributed by atoms with Gasteiger partial charge in [-0.3, -0.25) is 4.79 Å². The molecule has 0 rings (SSSR count). The van der Waals surface area contributed by atoms with Gasteiger partial charge in [0.1, 0.15) is 0 Å². The van der Waals surface area contributed by atoms with E-state index in [0.717, 1.165) is 51.4 Å². The van der Waals surface area contributed by atoms with E-state index >= 15 is 0 Å². The fourth-order valence-electron chi connectivity index (χ4n) is 10.1. The van der Waals surface area contributed by atoms with Crippen LogP contribution in [-0.4, -0.2) is 34.9 Å². The Labute approximate surface area is 451 Å². The monoisotopic (exact) mass is 1010 g/mol. The van der Waals surface area contributed by atoms with E-state index in [1.54, 1.807) is 6.08 Å². The maximum atomic E-state index is 12.5. The van der Waals surface area contributed by atoms with Crippen LogP contribution < -0.4 is 5.32 Å². The lowest BCUT2D eigenvalue weighted by molar-refractivity contribution is -0.123. The molecule has 0 saturated heterocycles. The minimum Gasteiger partial charge on any atom is -0.394 e. The number of aliphatic hydroxyl groups excluding tert-OH is 2. The molecule has 0 aliphatic heterocycles. The molecule has 0 aromatic carbocycles. The van der Waals surface area contributed by atoms with Crippen molar-refractivity contribution in [1.29, 1.82) is 0 Å². The number of carbonyl (C=O) groups excluding carboxylic acids is 1. The molecule has 0 aliphatic rings. The third-order valence-corrected chi connectivity index (χ3v) is 15.0. The van der Waals surface area contributed by atoms with Crippen LogP contribution in [0.4, 0.5) is 0 Å². The molecule has 422 valence electrons. The van der Waals surface area contributed by atoms with Crippen molar-refractivity contribution in [2.75, 3.05) is 6.61 Å². The van der Waals surface area contributed by atoms with Crippen LogP contribution in [0.1, 0.15) is 348 Å². The van der Waals surface area contributed by atoms with E-state index in [1.807, 2.05) is 6.08 Å². The van der Waals surface area contributed by atoms with Crippen molar-refractivity contribution >= 4 is 5.91 Å². The van der Waals surface area contributed by atoms with Crippen LogP contribution in [0, 0.1) is 0 Å². The molecule has 0 heterocycles. The first-order valence-electron chi connectivity index (χ1n) is 32.5. The molecule has 0 fully saturated rings. The van der Waals surface area contributed by atoms with E-state index in [2.05, 4.69) is 67.8 Å². The molecule has 1 amide bonds. The largest absolute Gasteiger partial charge is 0.394 e. The van der Waals surface area contributed by atoms with Gasteiger partial charge in [0.15, 0.2) is 0 Å². The molecule has 3 N–H and O–H groups in total. The van der Waals surface area contributed by atoms with Crippen molar-refractivity contribution in [2.24, 2.45) is 0 Å². The SMILES string of the molecule is CC/C=C\C/C=C\C/C=C\C/C=C\CCCCCCCCCCCCCCCCCCCCCCCCCCCCCCC(=O)NC(CO)C(O)/C=C/CCCCCCCCCCCCCCCCCCC. The van der Waals surface area contributed by atoms with Crippen LogP contribution >= 0.6 is 0 Å². The molecule has 0 aliphatic carbocycles. The standard InChI is InChI=1S/C68H127NO3/c1-3-5-7-9-11-13-15-17-19-21-23-24-25-26-27-28-29-30-31-32-33-34-35-36-37-38-39-40-41-42-43-44-46-48-50-52-54-56-58-60-62-64-68(72)69-66(65-70)67(71)63-61-59-57-55-53-51-49-47-45-22-20-18-16-14-12-10-8-6-4-2/h5,7,11,13,17,19,23-24,61,63,66-67,70-71H,3-4,6,8-10,12,14-16,18,20-22,25-60,62,64-65H2,1-2H3,(H,69,72)/b7-5-,13-11-,19-17-,24-23-,63-61+. The summed E-state index contributed by atoms with van der Waals surface area (Å²) in [5, 5.41) is 23.2. The van der Waals surface area contributed by atoms with E-state index in [0.29, 0.717) is 6.42 Å². The second-order valence-corrected chi connectivity index (χ2v) is 22.2. The van der Waals surface area contributed by atoms with Gasteiger partial charge in [-0.15, -0.1) is 0 Å². The molecule has 2 unspecified atom stereocenters. The normalized spacial score (nSPS) is 13.1. The molecule has 0 aromatic rings. The molecule has 0 bridgehead atoms. The van der Waals surface area contributed by atoms with E-state index < -0.39 is 12.1 Å². The Morgan fingerprint density at radius 3 is 0.917 bits per heavy atom. The number of nitrogens with one attached hydrogen (secondary N) is 1. The first-order chi connectivity index (χ1) is 35.7. The van der Waals surface area contributed by atoms with Gasteiger partial charge in [-0.2, -0.15) is 0 Å². The van der Waals surface area contributed by atoms with Crippen molar-refractivity contribution in [2.45, 2.75) is 360 Å². The molecular weight excluding hydrogens is 879 g/mol. The van der Waals surface area contributed by atoms with Gasteiger partial charge >= 0.3 is 0 Å². The molecular formula is C68H127NO3. The molecule has 2 atom stereocenters. The zero-order valence-corrected chi connectivity index (χ0v) is 48.7. The Bertz CT molecular complexity index is 1190. The topological polar surface area (TPSA) is 69.6 Å². The fraction of sp³-hybridized carbons (Fsp3) is 0.838. The first kappa shape index (κ1) is 70.1. The summed E-state index contributed by atoms with van der Waals surface area (Å²) in [4.78, 5) is 12.5. The number of carbonyl (C=O) groups is 1. The van der Waals surface area contributed by atoms with Crippen LogP contribution in [0.5, 0.6) is 0 Å². The van der Waals surface area contributed by atoms with E-state index in [-0.39, 0.29) is 12.5 Å². The van der Waals surface area contributed by atoms with Gasteiger partial charge in [0, 0.05) is 6.42 Å². The maximum Gasteiger partial charge on any atom is 0.220 e. The Morgan fingerprint density at radius 2 is 0.611 bits per heavy atom. The lowest BCUT2D eigenvalue weighted by atomic mass is 10.0. The lowest BCUT2D eigenvalue weighted by Crippen LogP contribution is -2.45. The van der Waals surface area contributed by atoms with Gasteiger partial charge in [0.05, 0.1) is 18.8 Å². The molecule has 0 spiro atoms. The average Bonchev–Trinajstić information content (AvgIpc) is 3.39. The van der Waals surface area contributed by atoms with Gasteiger partial charge in [-0.25, -0.2) is 0 Å². The number of amides is 1. The lowest BCUT2D eigenvalue weighted by Gasteiger charge is -2.20. The highest BCUT2D eigenvalue weighted by atomic mass is 16.3. The van der Waals surface area contributed by atoms with Crippen LogP contribution in [0.25, 0.3) is 0 Å². The summed E-state index contributed by atoms with van der Waals surface area (Å²) >= 11 is 0. The van der Waals surface area contributed by atoms with Gasteiger partial charge in [-0.1, -0.05) is 344 Å². The fourth-order valence-corrected chi connectivity index (χ4v) is 10.1. The van der Waals surface area contributed by atoms with E-state index in [4.69, 9.17) is 0 Å². The summed E-state index contributed by atoms with van der Waals surface area (Å²) in [5.41, 5.74) is 0. The minimum atomic E-state index is -0.838. The number of unbranched alkanes of at least 4 members (excludes halogenated alkanes) is 45. The number of aliphatic hydroxyl groups is 2. The second-order valence-electron chi connectivity index (χ2n) is 22.2. The van der Waals surface area contributed by atoms with Crippen LogP contribution in [0.15, 0.2) is 60.8 Å². The van der Waals surface area contributed by atoms with Gasteiger partial charge in [-0.05, 0) is 57.8 Å². The third-order valence-electron chi connectivity index (χ3n) is 15.0. The highest BCUT2D eigenvalue weighted by Crippen LogP contribution is 2.18. The van der Waals surface area contributed by atoms with Crippen molar-refractivity contribution in [1.82, 2.24) is 5.32 Å². The summed E-state index contributed by atoms with van der Waals surface area (Å²) in [6.45, 7) is 4.23. The van der Waals surface area contributed by atoms with Gasteiger partial charge in [0.25, 0.3) is 0 Å². The second kappa shape index (κ2) is 63.4. The smallest absolute Gasteiger partial charge is 0.220 e. The summed E-state index contributed by atoms with van der Waals surface area (Å²) < 4.78 is 0. The maximum absolute atomic E-state index is 12.5. The Balaban J connectivity index is 3.39. The molecule has 0 saturated carbocycles. The van der Waals surface area contributed by atoms with Crippen molar-refractivity contribution in [3.8, 4) is 0 Å². The van der Waals surface area contributed by atoms with Crippen molar-refractivity contribution < 1.29 is 15.0 Å². The van der Waals surface area contributed by atoms with Gasteiger partial charge < -0.3 is 15.5 Å². The van der Waals surface area contributed by atoms with E-state index in [1.165, 1.54) is 276 Å². The van der Waals surface area contributed by atoms with Crippen LogP contribution in [0.2, 0.25) is 0 Å². The predicted octanol–water partition coefficient (Wildman–Crippen LogP) is 21.9. The van der Waals surface area contributed by atoms with Crippen molar-refractivity contribution in [3.05, 3.63) is 60.8 Å². The Hall–Kier alpha value is -1.91. The molecule has 0 radical (unpaired) electrons. The third kappa shape index (κ3) is 59.0. The molecule has 4 nitrogen and oxygen atoms in total. The number of allylic oxidation sites excluding steroid dienone is 9. The van der Waals surface area contributed by atoms with Crippen LogP contribution in [-0.2, 0) is 4.79 Å². The van der Waals surface area contributed by atoms with Crippen molar-refractivity contribution in [3.63, 3.8) is 0 Å². The quantitative estimate of drug-likeness (QED) is 0.0420. The molecule has 4 heteroatoms. The summed E-state index contributed by atoms with van der Waals surface area (Å²) in [5.74, 6) is -0.0572. The highest BCUT2D eigenvalue weighted by Gasteiger charge is 2.18. The average molecular weight is 1010 g/mol. The van der Waals surface area contributed by atoms with E-state index in [9.17, 15) is 15.0 Å². The number of rotatable bonds is 60.